The minimum Gasteiger partial charge on any atom is -0.456 e. The molecule has 50 heavy (non-hydrogen) atoms. The molecule has 2 heterocycles. The van der Waals surface area contributed by atoms with Gasteiger partial charge in [-0.05, 0) is 64.7 Å². The van der Waals surface area contributed by atoms with Crippen molar-refractivity contribution in [1.29, 1.82) is 0 Å². The average molecular weight is 641 g/mol. The molecule has 0 unspecified atom stereocenters. The van der Waals surface area contributed by atoms with Crippen LogP contribution in [0.3, 0.4) is 0 Å². The van der Waals surface area contributed by atoms with Gasteiger partial charge in [0.2, 0.25) is 0 Å². The molecule has 9 aromatic rings. The van der Waals surface area contributed by atoms with Crippen molar-refractivity contribution in [3.63, 3.8) is 0 Å². The van der Waals surface area contributed by atoms with Crippen molar-refractivity contribution in [1.82, 2.24) is 4.98 Å². The molecule has 0 atom stereocenters. The molecular formula is C47H32N2O. The van der Waals surface area contributed by atoms with Crippen LogP contribution in [0.1, 0.15) is 0 Å². The van der Waals surface area contributed by atoms with Crippen molar-refractivity contribution in [3.05, 3.63) is 194 Å². The second kappa shape index (κ2) is 12.7. The summed E-state index contributed by atoms with van der Waals surface area (Å²) in [6.45, 7) is 0. The van der Waals surface area contributed by atoms with Gasteiger partial charge in [-0.1, -0.05) is 140 Å². The van der Waals surface area contributed by atoms with Crippen molar-refractivity contribution < 1.29 is 4.42 Å². The number of pyridine rings is 1. The zero-order valence-corrected chi connectivity index (χ0v) is 27.3. The van der Waals surface area contributed by atoms with Gasteiger partial charge < -0.3 is 9.32 Å². The van der Waals surface area contributed by atoms with E-state index in [9.17, 15) is 0 Å². The number of fused-ring (bicyclic) bond motifs is 3. The Morgan fingerprint density at radius 3 is 1.50 bits per heavy atom. The van der Waals surface area contributed by atoms with E-state index >= 15 is 0 Å². The number of aromatic nitrogens is 1. The standard InChI is InChI=1S/C47H32N2O/c1-5-15-33(16-6-1)37-29-42(34-17-7-2-8-18-34)47(43(30-37)35-19-9-3-10-20-35)49(39-26-28-44(48-32-39)36-21-11-4-12-22-36)38-25-27-41-40-23-13-14-24-45(40)50-46(41)31-38/h1-32H. The molecule has 0 N–H and O–H groups in total. The summed E-state index contributed by atoms with van der Waals surface area (Å²) in [5.41, 5.74) is 13.5. The number of rotatable bonds is 7. The minimum atomic E-state index is 0.839. The molecule has 0 radical (unpaired) electrons. The largest absolute Gasteiger partial charge is 0.456 e. The van der Waals surface area contributed by atoms with E-state index in [1.165, 1.54) is 0 Å². The first kappa shape index (κ1) is 29.4. The number of furan rings is 1. The van der Waals surface area contributed by atoms with Crippen LogP contribution in [0.2, 0.25) is 0 Å². The van der Waals surface area contributed by atoms with Gasteiger partial charge in [0.05, 0.1) is 23.3 Å². The number of para-hydroxylation sites is 1. The number of benzene rings is 7. The first-order chi connectivity index (χ1) is 24.8. The number of nitrogens with zero attached hydrogens (tertiary/aromatic N) is 2. The Hall–Kier alpha value is -6.71. The molecule has 3 nitrogen and oxygen atoms in total. The Kier molecular flexibility index (Phi) is 7.49. The summed E-state index contributed by atoms with van der Waals surface area (Å²) in [4.78, 5) is 7.36. The van der Waals surface area contributed by atoms with Crippen LogP contribution in [-0.2, 0) is 0 Å². The quantitative estimate of drug-likeness (QED) is 0.174. The number of anilines is 3. The molecule has 3 heteroatoms. The van der Waals surface area contributed by atoms with E-state index in [-0.39, 0.29) is 0 Å². The molecule has 0 bridgehead atoms. The highest BCUT2D eigenvalue weighted by Gasteiger charge is 2.24. The van der Waals surface area contributed by atoms with Gasteiger partial charge in [-0.25, -0.2) is 0 Å². The van der Waals surface area contributed by atoms with Gasteiger partial charge in [0.25, 0.3) is 0 Å². The van der Waals surface area contributed by atoms with Crippen LogP contribution in [0.15, 0.2) is 199 Å². The van der Waals surface area contributed by atoms with E-state index < -0.39 is 0 Å². The Morgan fingerprint density at radius 2 is 0.900 bits per heavy atom. The second-order valence-electron chi connectivity index (χ2n) is 12.4. The summed E-state index contributed by atoms with van der Waals surface area (Å²) in [5.74, 6) is 0. The molecule has 0 aliphatic heterocycles. The lowest BCUT2D eigenvalue weighted by molar-refractivity contribution is 0.669. The van der Waals surface area contributed by atoms with Gasteiger partial charge in [-0.15, -0.1) is 0 Å². The highest BCUT2D eigenvalue weighted by atomic mass is 16.3. The Morgan fingerprint density at radius 1 is 0.380 bits per heavy atom. The molecule has 0 amide bonds. The van der Waals surface area contributed by atoms with E-state index in [0.29, 0.717) is 0 Å². The van der Waals surface area contributed by atoms with Gasteiger partial charge in [-0.3, -0.25) is 4.98 Å². The molecule has 0 aliphatic rings. The molecule has 2 aromatic heterocycles. The van der Waals surface area contributed by atoms with Gasteiger partial charge in [0.1, 0.15) is 11.2 Å². The molecule has 7 aromatic carbocycles. The molecule has 236 valence electrons. The van der Waals surface area contributed by atoms with Crippen LogP contribution in [0.5, 0.6) is 0 Å². The Balaban J connectivity index is 1.35. The molecule has 0 saturated carbocycles. The molecule has 0 spiro atoms. The van der Waals surface area contributed by atoms with Gasteiger partial charge in [-0.2, -0.15) is 0 Å². The predicted octanol–water partition coefficient (Wildman–Crippen LogP) is 13.1. The lowest BCUT2D eigenvalue weighted by Crippen LogP contribution is -2.13. The average Bonchev–Trinajstić information content (AvgIpc) is 3.57. The summed E-state index contributed by atoms with van der Waals surface area (Å²) >= 11 is 0. The zero-order valence-electron chi connectivity index (χ0n) is 27.3. The van der Waals surface area contributed by atoms with Crippen LogP contribution < -0.4 is 4.90 Å². The third kappa shape index (κ3) is 5.41. The maximum atomic E-state index is 6.46. The van der Waals surface area contributed by atoms with Crippen LogP contribution in [0.4, 0.5) is 17.1 Å². The lowest BCUT2D eigenvalue weighted by Gasteiger charge is -2.31. The smallest absolute Gasteiger partial charge is 0.137 e. The van der Waals surface area contributed by atoms with Crippen molar-refractivity contribution >= 4 is 39.0 Å². The molecule has 9 rings (SSSR count). The normalized spacial score (nSPS) is 11.2. The third-order valence-electron chi connectivity index (χ3n) is 9.31. The fourth-order valence-corrected chi connectivity index (χ4v) is 6.91. The molecule has 0 fully saturated rings. The third-order valence-corrected chi connectivity index (χ3v) is 9.31. The van der Waals surface area contributed by atoms with E-state index in [1.54, 1.807) is 0 Å². The van der Waals surface area contributed by atoms with Gasteiger partial charge in [0.15, 0.2) is 0 Å². The molecule has 0 aliphatic carbocycles. The molecular weight excluding hydrogens is 609 g/mol. The summed E-state index contributed by atoms with van der Waals surface area (Å²) < 4.78 is 6.46. The van der Waals surface area contributed by atoms with Crippen molar-refractivity contribution in [2.45, 2.75) is 0 Å². The maximum absolute atomic E-state index is 6.46. The van der Waals surface area contributed by atoms with Gasteiger partial charge >= 0.3 is 0 Å². The van der Waals surface area contributed by atoms with Crippen LogP contribution >= 0.6 is 0 Å². The maximum Gasteiger partial charge on any atom is 0.137 e. The first-order valence-corrected chi connectivity index (χ1v) is 16.9. The first-order valence-electron chi connectivity index (χ1n) is 16.9. The van der Waals surface area contributed by atoms with E-state index in [2.05, 4.69) is 163 Å². The fourth-order valence-electron chi connectivity index (χ4n) is 6.91. The van der Waals surface area contributed by atoms with Crippen LogP contribution in [0, 0.1) is 0 Å². The monoisotopic (exact) mass is 640 g/mol. The molecule has 0 saturated heterocycles. The fraction of sp³-hybridized carbons (Fsp3) is 0. The summed E-state index contributed by atoms with van der Waals surface area (Å²) in [6, 6.07) is 66.0. The SMILES string of the molecule is c1ccc(-c2cc(-c3ccccc3)c(N(c3ccc(-c4ccccc4)nc3)c3ccc4c(c3)oc3ccccc34)c(-c3ccccc3)c2)cc1. The topological polar surface area (TPSA) is 29.3 Å². The van der Waals surface area contributed by atoms with Crippen LogP contribution in [-0.4, -0.2) is 4.98 Å². The minimum absolute atomic E-state index is 0.839. The Labute approximate surface area is 291 Å². The van der Waals surface area contributed by atoms with Crippen molar-refractivity contribution in [3.8, 4) is 44.6 Å². The number of hydrogen-bond acceptors (Lipinski definition) is 3. The van der Waals surface area contributed by atoms with Crippen molar-refractivity contribution in [2.75, 3.05) is 4.90 Å². The lowest BCUT2D eigenvalue weighted by atomic mass is 9.90. The number of hydrogen-bond donors (Lipinski definition) is 0. The summed E-state index contributed by atoms with van der Waals surface area (Å²) in [7, 11) is 0. The van der Waals surface area contributed by atoms with E-state index in [4.69, 9.17) is 9.40 Å². The Bertz CT molecular complexity index is 2500. The van der Waals surface area contributed by atoms with E-state index in [0.717, 1.165) is 83.6 Å². The van der Waals surface area contributed by atoms with Crippen LogP contribution in [0.25, 0.3) is 66.6 Å². The predicted molar refractivity (Wildman–Crippen MR) is 208 cm³/mol. The highest BCUT2D eigenvalue weighted by Crippen LogP contribution is 2.49. The van der Waals surface area contributed by atoms with Crippen molar-refractivity contribution in [2.24, 2.45) is 0 Å². The summed E-state index contributed by atoms with van der Waals surface area (Å²) in [6.07, 6.45) is 1.99. The van der Waals surface area contributed by atoms with Gasteiger partial charge in [0, 0.05) is 39.2 Å². The highest BCUT2D eigenvalue weighted by molar-refractivity contribution is 6.07. The second-order valence-corrected chi connectivity index (χ2v) is 12.4. The van der Waals surface area contributed by atoms with E-state index in [1.807, 2.05) is 36.5 Å². The summed E-state index contributed by atoms with van der Waals surface area (Å²) in [5, 5.41) is 2.20. The zero-order chi connectivity index (χ0) is 33.3.